The average Bonchev–Trinajstić information content (AvgIpc) is 2.98. The van der Waals surface area contributed by atoms with Crippen LogP contribution in [-0.4, -0.2) is 24.8 Å². The van der Waals surface area contributed by atoms with Gasteiger partial charge in [0.1, 0.15) is 5.01 Å². The highest BCUT2D eigenvalue weighted by molar-refractivity contribution is 7.19. The summed E-state index contributed by atoms with van der Waals surface area (Å²) in [6.07, 6.45) is 2.56. The Kier molecular flexibility index (Phi) is 2.77. The van der Waals surface area contributed by atoms with Gasteiger partial charge in [-0.25, -0.2) is 0 Å². The molecule has 0 saturated heterocycles. The first-order chi connectivity index (χ1) is 8.81. The van der Waals surface area contributed by atoms with Crippen LogP contribution in [0, 0.1) is 0 Å². The van der Waals surface area contributed by atoms with Crippen LogP contribution in [0.1, 0.15) is 18.4 Å². The molecule has 3 aromatic rings. The Bertz CT molecular complexity index is 686. The number of pyridine rings is 1. The number of aryl methyl sites for hydroxylation is 1. The van der Waals surface area contributed by atoms with Gasteiger partial charge < -0.3 is 5.73 Å². The first-order valence-electron chi connectivity index (χ1n) is 5.68. The largest absolute Gasteiger partial charge is 0.325 e. The lowest BCUT2D eigenvalue weighted by Gasteiger charge is -1.98. The van der Waals surface area contributed by atoms with E-state index in [0.29, 0.717) is 6.54 Å². The third-order valence-electron chi connectivity index (χ3n) is 2.64. The fourth-order valence-corrected chi connectivity index (χ4v) is 2.57. The third-order valence-corrected chi connectivity index (χ3v) is 3.59. The van der Waals surface area contributed by atoms with Gasteiger partial charge in [0, 0.05) is 24.7 Å². The standard InChI is InChI=1S/C11H12N6S/c1-2-9-14-15-11-17(9)16-10(18-11)7-3-4-13-8(5-7)6-12/h3-5H,2,6,12H2,1H3. The van der Waals surface area contributed by atoms with Gasteiger partial charge in [-0.2, -0.15) is 9.61 Å². The quantitative estimate of drug-likeness (QED) is 0.766. The Balaban J connectivity index is 2.10. The van der Waals surface area contributed by atoms with E-state index in [9.17, 15) is 0 Å². The van der Waals surface area contributed by atoms with Crippen LogP contribution in [0.5, 0.6) is 0 Å². The van der Waals surface area contributed by atoms with Crippen LogP contribution in [0.2, 0.25) is 0 Å². The van der Waals surface area contributed by atoms with Gasteiger partial charge in [0.25, 0.3) is 0 Å². The molecule has 92 valence electrons. The van der Waals surface area contributed by atoms with Crippen molar-refractivity contribution in [1.29, 1.82) is 0 Å². The van der Waals surface area contributed by atoms with Crippen LogP contribution in [-0.2, 0) is 13.0 Å². The second-order valence-electron chi connectivity index (χ2n) is 3.81. The summed E-state index contributed by atoms with van der Waals surface area (Å²) in [4.78, 5) is 4.99. The first kappa shape index (κ1) is 11.2. The summed E-state index contributed by atoms with van der Waals surface area (Å²) in [7, 11) is 0. The van der Waals surface area contributed by atoms with Crippen LogP contribution in [0.3, 0.4) is 0 Å². The molecule has 3 rings (SSSR count). The number of rotatable bonds is 3. The molecule has 6 nitrogen and oxygen atoms in total. The van der Waals surface area contributed by atoms with Gasteiger partial charge >= 0.3 is 0 Å². The molecule has 0 amide bonds. The topological polar surface area (TPSA) is 82.0 Å². The number of nitrogens with two attached hydrogens (primary N) is 1. The minimum absolute atomic E-state index is 0.429. The molecule has 3 heterocycles. The molecule has 0 unspecified atom stereocenters. The Morgan fingerprint density at radius 3 is 3.06 bits per heavy atom. The number of hydrogen-bond acceptors (Lipinski definition) is 6. The lowest BCUT2D eigenvalue weighted by Crippen LogP contribution is -1.99. The average molecular weight is 260 g/mol. The second-order valence-corrected chi connectivity index (χ2v) is 4.77. The fourth-order valence-electron chi connectivity index (χ4n) is 1.72. The van der Waals surface area contributed by atoms with E-state index in [1.54, 1.807) is 10.7 Å². The van der Waals surface area contributed by atoms with E-state index in [4.69, 9.17) is 5.73 Å². The fraction of sp³-hybridized carbons (Fsp3) is 0.273. The minimum Gasteiger partial charge on any atom is -0.325 e. The zero-order chi connectivity index (χ0) is 12.5. The molecular formula is C11H12N6S. The van der Waals surface area contributed by atoms with Crippen LogP contribution in [0.25, 0.3) is 15.5 Å². The molecule has 0 fully saturated rings. The van der Waals surface area contributed by atoms with Crippen LogP contribution in [0.4, 0.5) is 0 Å². The van der Waals surface area contributed by atoms with E-state index < -0.39 is 0 Å². The van der Waals surface area contributed by atoms with Crippen LogP contribution >= 0.6 is 11.3 Å². The Morgan fingerprint density at radius 2 is 2.28 bits per heavy atom. The molecule has 7 heteroatoms. The molecule has 0 aliphatic carbocycles. The molecule has 0 spiro atoms. The second kappa shape index (κ2) is 4.43. The molecule has 0 aromatic carbocycles. The lowest BCUT2D eigenvalue weighted by molar-refractivity contribution is 0.837. The molecule has 0 bridgehead atoms. The Labute approximate surface area is 107 Å². The number of aromatic nitrogens is 5. The lowest BCUT2D eigenvalue weighted by atomic mass is 10.2. The molecule has 0 atom stereocenters. The van der Waals surface area contributed by atoms with E-state index >= 15 is 0 Å². The smallest absolute Gasteiger partial charge is 0.234 e. The van der Waals surface area contributed by atoms with Gasteiger partial charge in [0.05, 0.1) is 5.69 Å². The summed E-state index contributed by atoms with van der Waals surface area (Å²) in [5, 5.41) is 13.6. The van der Waals surface area contributed by atoms with Crippen LogP contribution < -0.4 is 5.73 Å². The molecule has 3 aromatic heterocycles. The molecule has 0 radical (unpaired) electrons. The highest BCUT2D eigenvalue weighted by Crippen LogP contribution is 2.25. The van der Waals surface area contributed by atoms with Gasteiger partial charge in [-0.1, -0.05) is 18.3 Å². The summed E-state index contributed by atoms with van der Waals surface area (Å²) in [6.45, 7) is 2.46. The van der Waals surface area contributed by atoms with Crippen molar-refractivity contribution in [2.75, 3.05) is 0 Å². The maximum absolute atomic E-state index is 5.59. The summed E-state index contributed by atoms with van der Waals surface area (Å²) in [5.74, 6) is 0.876. The van der Waals surface area contributed by atoms with Gasteiger partial charge in [-0.3, -0.25) is 4.98 Å². The summed E-state index contributed by atoms with van der Waals surface area (Å²) in [6, 6.07) is 3.88. The van der Waals surface area contributed by atoms with E-state index in [2.05, 4.69) is 20.3 Å². The SMILES string of the molecule is CCc1nnc2sc(-c3ccnc(CN)c3)nn12. The molecule has 0 aliphatic heterocycles. The first-order valence-corrected chi connectivity index (χ1v) is 6.50. The van der Waals surface area contributed by atoms with Gasteiger partial charge in [0.2, 0.25) is 4.96 Å². The van der Waals surface area contributed by atoms with Crippen molar-refractivity contribution in [2.24, 2.45) is 5.73 Å². The normalized spacial score (nSPS) is 11.2. The minimum atomic E-state index is 0.429. The molecule has 2 N–H and O–H groups in total. The van der Waals surface area contributed by atoms with Crippen molar-refractivity contribution < 1.29 is 0 Å². The Morgan fingerprint density at radius 1 is 1.39 bits per heavy atom. The maximum atomic E-state index is 5.59. The number of fused-ring (bicyclic) bond motifs is 1. The van der Waals surface area contributed by atoms with Crippen molar-refractivity contribution in [3.05, 3.63) is 29.8 Å². The van der Waals surface area contributed by atoms with Crippen molar-refractivity contribution in [2.45, 2.75) is 19.9 Å². The summed E-state index contributed by atoms with van der Waals surface area (Å²) in [5.41, 5.74) is 7.46. The zero-order valence-electron chi connectivity index (χ0n) is 9.87. The predicted octanol–water partition coefficient (Wildman–Crippen LogP) is 1.27. The van der Waals surface area contributed by atoms with Gasteiger partial charge in [-0.05, 0) is 12.1 Å². The predicted molar refractivity (Wildman–Crippen MR) is 69.2 cm³/mol. The van der Waals surface area contributed by atoms with E-state index in [1.807, 2.05) is 19.1 Å². The number of nitrogens with zero attached hydrogens (tertiary/aromatic N) is 5. The van der Waals surface area contributed by atoms with Crippen LogP contribution in [0.15, 0.2) is 18.3 Å². The summed E-state index contributed by atoms with van der Waals surface area (Å²) < 4.78 is 1.79. The van der Waals surface area contributed by atoms with E-state index in [1.165, 1.54) is 11.3 Å². The van der Waals surface area contributed by atoms with E-state index in [0.717, 1.165) is 33.5 Å². The van der Waals surface area contributed by atoms with E-state index in [-0.39, 0.29) is 0 Å². The molecular weight excluding hydrogens is 248 g/mol. The molecule has 0 aliphatic rings. The Hall–Kier alpha value is -1.86. The number of hydrogen-bond donors (Lipinski definition) is 1. The maximum Gasteiger partial charge on any atom is 0.234 e. The van der Waals surface area contributed by atoms with Gasteiger partial charge in [0.15, 0.2) is 5.82 Å². The monoisotopic (exact) mass is 260 g/mol. The summed E-state index contributed by atoms with van der Waals surface area (Å²) >= 11 is 1.52. The molecule has 0 saturated carbocycles. The van der Waals surface area contributed by atoms with Crippen molar-refractivity contribution in [3.8, 4) is 10.6 Å². The molecule has 18 heavy (non-hydrogen) atoms. The van der Waals surface area contributed by atoms with Crippen molar-refractivity contribution in [1.82, 2.24) is 24.8 Å². The highest BCUT2D eigenvalue weighted by Gasteiger charge is 2.11. The highest BCUT2D eigenvalue weighted by atomic mass is 32.1. The third kappa shape index (κ3) is 1.77. The zero-order valence-corrected chi connectivity index (χ0v) is 10.7. The van der Waals surface area contributed by atoms with Gasteiger partial charge in [-0.15, -0.1) is 10.2 Å². The van der Waals surface area contributed by atoms with Crippen molar-refractivity contribution >= 4 is 16.3 Å². The van der Waals surface area contributed by atoms with Crippen molar-refractivity contribution in [3.63, 3.8) is 0 Å².